The van der Waals surface area contributed by atoms with Gasteiger partial charge in [0.05, 0.1) is 17.1 Å². The quantitative estimate of drug-likeness (QED) is 0.209. The summed E-state index contributed by atoms with van der Waals surface area (Å²) in [6.45, 7) is 1.06. The van der Waals surface area contributed by atoms with Crippen LogP contribution in [0.5, 0.6) is 6.01 Å². The van der Waals surface area contributed by atoms with E-state index in [1.807, 2.05) is 11.8 Å². The Hall–Kier alpha value is -4.18. The third kappa shape index (κ3) is 4.51. The van der Waals surface area contributed by atoms with Crippen molar-refractivity contribution in [1.82, 2.24) is 15.0 Å². The van der Waals surface area contributed by atoms with Crippen LogP contribution in [0.3, 0.4) is 0 Å². The number of pyridine rings is 1. The molecule has 0 radical (unpaired) electrons. The second-order valence-electron chi connectivity index (χ2n) is 8.80. The second-order valence-corrected chi connectivity index (χ2v) is 8.80. The Kier molecular flexibility index (Phi) is 6.66. The summed E-state index contributed by atoms with van der Waals surface area (Å²) in [6, 6.07) is 3.16. The third-order valence-corrected chi connectivity index (χ3v) is 6.16. The number of terminal acetylenes is 1. The van der Waals surface area contributed by atoms with E-state index >= 15 is 4.39 Å². The molecule has 1 aliphatic heterocycles. The molecule has 0 amide bonds. The Bertz CT molecular complexity index is 1610. The number of benzene rings is 2. The highest BCUT2D eigenvalue weighted by molar-refractivity contribution is 6.03. The van der Waals surface area contributed by atoms with Crippen molar-refractivity contribution in [2.75, 3.05) is 30.3 Å². The maximum Gasteiger partial charge on any atom is 0.323 e. The summed E-state index contributed by atoms with van der Waals surface area (Å²) in [5.74, 6) is -1.01. The van der Waals surface area contributed by atoms with Crippen molar-refractivity contribution in [2.24, 2.45) is 0 Å². The van der Waals surface area contributed by atoms with Gasteiger partial charge in [0.15, 0.2) is 17.5 Å². The average Bonchev–Trinajstić information content (AvgIpc) is 3.08. The van der Waals surface area contributed by atoms with Gasteiger partial charge in [-0.25, -0.2) is 13.2 Å². The zero-order valence-corrected chi connectivity index (χ0v) is 20.1. The fourth-order valence-corrected chi connectivity index (χ4v) is 4.62. The smallest absolute Gasteiger partial charge is 0.323 e. The number of aliphatic hydroxyl groups is 2. The lowest BCUT2D eigenvalue weighted by Gasteiger charge is -2.25. The van der Waals surface area contributed by atoms with Crippen LogP contribution in [-0.2, 0) is 4.74 Å². The molecule has 0 spiro atoms. The Morgan fingerprint density at radius 3 is 2.74 bits per heavy atom. The number of rotatable bonds is 4. The molecule has 1 unspecified atom stereocenters. The van der Waals surface area contributed by atoms with Gasteiger partial charge in [0.1, 0.15) is 17.0 Å². The molecule has 5 rings (SSSR count). The summed E-state index contributed by atoms with van der Waals surface area (Å²) in [4.78, 5) is 14.4. The van der Waals surface area contributed by atoms with Crippen molar-refractivity contribution >= 4 is 33.2 Å². The van der Waals surface area contributed by atoms with E-state index in [1.165, 1.54) is 18.3 Å². The molecule has 0 saturated carbocycles. The number of aromatic nitrogens is 3. The van der Waals surface area contributed by atoms with E-state index in [-0.39, 0.29) is 50.5 Å². The maximum absolute atomic E-state index is 16.2. The largest absolute Gasteiger partial charge is 0.408 e. The van der Waals surface area contributed by atoms with Crippen LogP contribution in [-0.4, -0.2) is 57.4 Å². The molecule has 9 nitrogen and oxygen atoms in total. The predicted molar refractivity (Wildman–Crippen MR) is 134 cm³/mol. The van der Waals surface area contributed by atoms with E-state index in [4.69, 9.17) is 21.6 Å². The van der Waals surface area contributed by atoms with Gasteiger partial charge in [-0.2, -0.15) is 9.97 Å². The number of fused-ring (bicyclic) bond motifs is 2. The molecular formula is C26H22F3N5O4. The standard InChI is InChI=1S/C26H22F3N5O4/c1-3-15-19-13(8-18(27)20(15)28)7-14(30)9-16(19)22-21(29)23-17(10-31-22)24(33-25(32-23)38-26(35)36)34-5-4-6-37-12(2)11-34/h1,7-10,12,26,35-36H,4-6,11,30H2,2H3. The topological polar surface area (TPSA) is 127 Å². The predicted octanol–water partition coefficient (Wildman–Crippen LogP) is 3.09. The molecule has 4 N–H and O–H groups in total. The normalized spacial score (nSPS) is 16.2. The molecule has 1 atom stereocenters. The highest BCUT2D eigenvalue weighted by Gasteiger charge is 2.26. The van der Waals surface area contributed by atoms with Gasteiger partial charge in [0, 0.05) is 42.5 Å². The molecule has 2 aromatic carbocycles. The van der Waals surface area contributed by atoms with E-state index in [0.29, 0.717) is 26.1 Å². The summed E-state index contributed by atoms with van der Waals surface area (Å²) in [5.41, 5.74) is 5.20. The van der Waals surface area contributed by atoms with Gasteiger partial charge >= 0.3 is 12.5 Å². The first-order valence-electron chi connectivity index (χ1n) is 11.6. The zero-order valence-electron chi connectivity index (χ0n) is 20.1. The number of nitrogen functional groups attached to an aromatic ring is 1. The number of hydrogen-bond acceptors (Lipinski definition) is 9. The van der Waals surface area contributed by atoms with Crippen molar-refractivity contribution in [3.05, 3.63) is 47.4 Å². The van der Waals surface area contributed by atoms with Crippen LogP contribution in [0, 0.1) is 29.8 Å². The van der Waals surface area contributed by atoms with Crippen LogP contribution >= 0.6 is 0 Å². The number of halogens is 3. The Morgan fingerprint density at radius 2 is 2.00 bits per heavy atom. The van der Waals surface area contributed by atoms with Gasteiger partial charge in [-0.3, -0.25) is 4.98 Å². The maximum atomic E-state index is 16.2. The number of nitrogens with zero attached hydrogens (tertiary/aromatic N) is 4. The van der Waals surface area contributed by atoms with Gasteiger partial charge in [-0.1, -0.05) is 5.92 Å². The molecule has 1 saturated heterocycles. The van der Waals surface area contributed by atoms with Crippen molar-refractivity contribution in [3.8, 4) is 29.6 Å². The molecule has 0 aliphatic carbocycles. The minimum atomic E-state index is -2.26. The lowest BCUT2D eigenvalue weighted by Crippen LogP contribution is -2.31. The molecule has 3 heterocycles. The Balaban J connectivity index is 1.79. The summed E-state index contributed by atoms with van der Waals surface area (Å²) < 4.78 is 55.6. The summed E-state index contributed by atoms with van der Waals surface area (Å²) in [6.07, 6.45) is 7.32. The number of nitrogens with two attached hydrogens (primary N) is 1. The van der Waals surface area contributed by atoms with Gasteiger partial charge in [0.2, 0.25) is 0 Å². The van der Waals surface area contributed by atoms with Crippen molar-refractivity contribution in [1.29, 1.82) is 0 Å². The second kappa shape index (κ2) is 9.94. The highest BCUT2D eigenvalue weighted by Crippen LogP contribution is 2.38. The molecule has 1 fully saturated rings. The zero-order chi connectivity index (χ0) is 27.1. The van der Waals surface area contributed by atoms with Crippen molar-refractivity contribution in [2.45, 2.75) is 25.9 Å². The first-order chi connectivity index (χ1) is 18.2. The minimum absolute atomic E-state index is 0.0212. The van der Waals surface area contributed by atoms with Gasteiger partial charge in [-0.05, 0) is 36.9 Å². The summed E-state index contributed by atoms with van der Waals surface area (Å²) >= 11 is 0. The molecule has 38 heavy (non-hydrogen) atoms. The molecular weight excluding hydrogens is 503 g/mol. The lowest BCUT2D eigenvalue weighted by atomic mass is 9.95. The SMILES string of the molecule is C#Cc1c(F)c(F)cc2cc(N)cc(-c3ncc4c(N5CCCOC(C)C5)nc(OC(O)O)nc4c3F)c12. The minimum Gasteiger partial charge on any atom is -0.408 e. The van der Waals surface area contributed by atoms with Crippen molar-refractivity contribution in [3.63, 3.8) is 0 Å². The van der Waals surface area contributed by atoms with Gasteiger partial charge < -0.3 is 30.3 Å². The van der Waals surface area contributed by atoms with E-state index < -0.39 is 35.5 Å². The van der Waals surface area contributed by atoms with Crippen LogP contribution in [0.2, 0.25) is 0 Å². The fraction of sp³-hybridized carbons (Fsp3) is 0.269. The average molecular weight is 525 g/mol. The molecule has 2 aromatic heterocycles. The molecule has 12 heteroatoms. The summed E-state index contributed by atoms with van der Waals surface area (Å²) in [5, 5.41) is 19.1. The Morgan fingerprint density at radius 1 is 1.21 bits per heavy atom. The van der Waals surface area contributed by atoms with E-state index in [9.17, 15) is 19.0 Å². The van der Waals surface area contributed by atoms with Gasteiger partial charge in [-0.15, -0.1) is 6.42 Å². The van der Waals surface area contributed by atoms with Gasteiger partial charge in [0.25, 0.3) is 0 Å². The number of ether oxygens (including phenoxy) is 2. The first kappa shape index (κ1) is 25.5. The van der Waals surface area contributed by atoms with E-state index in [0.717, 1.165) is 6.07 Å². The van der Waals surface area contributed by atoms with Crippen LogP contribution in [0.1, 0.15) is 18.9 Å². The van der Waals surface area contributed by atoms with Crippen molar-refractivity contribution < 1.29 is 32.9 Å². The monoisotopic (exact) mass is 525 g/mol. The Labute approximate surface area is 214 Å². The first-order valence-corrected chi connectivity index (χ1v) is 11.6. The van der Waals surface area contributed by atoms with Crippen LogP contribution < -0.4 is 15.4 Å². The molecule has 4 aromatic rings. The van der Waals surface area contributed by atoms with Crippen LogP contribution in [0.15, 0.2) is 24.4 Å². The van der Waals surface area contributed by atoms with E-state index in [1.54, 1.807) is 0 Å². The molecule has 0 bridgehead atoms. The number of aliphatic hydroxyl groups excluding tert-OH is 1. The third-order valence-electron chi connectivity index (χ3n) is 6.16. The fourth-order valence-electron chi connectivity index (χ4n) is 4.62. The van der Waals surface area contributed by atoms with Crippen LogP contribution in [0.4, 0.5) is 24.7 Å². The number of anilines is 2. The molecule has 1 aliphatic rings. The van der Waals surface area contributed by atoms with E-state index in [2.05, 4.69) is 20.9 Å². The molecule has 196 valence electrons. The lowest BCUT2D eigenvalue weighted by molar-refractivity contribution is -0.183. The number of hydrogen-bond donors (Lipinski definition) is 3. The summed E-state index contributed by atoms with van der Waals surface area (Å²) in [7, 11) is 0. The highest BCUT2D eigenvalue weighted by atomic mass is 19.2. The van der Waals surface area contributed by atoms with Crippen LogP contribution in [0.25, 0.3) is 32.9 Å².